The first-order chi connectivity index (χ1) is 14.9. The van der Waals surface area contributed by atoms with E-state index in [2.05, 4.69) is 31.2 Å². The summed E-state index contributed by atoms with van der Waals surface area (Å²) >= 11 is 0. The molecule has 0 saturated carbocycles. The van der Waals surface area contributed by atoms with Gasteiger partial charge in [0, 0.05) is 23.5 Å². The Bertz CT molecular complexity index is 1270. The number of benzene rings is 3. The van der Waals surface area contributed by atoms with E-state index >= 15 is 0 Å². The molecule has 0 spiro atoms. The van der Waals surface area contributed by atoms with E-state index in [1.807, 2.05) is 24.3 Å². The number of hydrogen-bond donors (Lipinski definition) is 0. The summed E-state index contributed by atoms with van der Waals surface area (Å²) in [7, 11) is 0. The molecule has 0 radical (unpaired) electrons. The van der Waals surface area contributed by atoms with Crippen LogP contribution in [0.1, 0.15) is 35.1 Å². The van der Waals surface area contributed by atoms with E-state index in [0.717, 1.165) is 22.3 Å². The van der Waals surface area contributed by atoms with E-state index < -0.39 is 22.2 Å². The van der Waals surface area contributed by atoms with Crippen molar-refractivity contribution in [1.29, 1.82) is 0 Å². The van der Waals surface area contributed by atoms with Crippen molar-refractivity contribution in [3.8, 4) is 0 Å². The van der Waals surface area contributed by atoms with Crippen LogP contribution >= 0.6 is 0 Å². The SMILES string of the molecule is CC12c3ccccc3C(c3ccccc31)[C@H]1C(=O)N(c3cccc([N+](=O)[O-])c3)C(=O)[C@H]12. The predicted molar refractivity (Wildman–Crippen MR) is 114 cm³/mol. The van der Waals surface area contributed by atoms with Crippen LogP contribution in [0.15, 0.2) is 72.8 Å². The van der Waals surface area contributed by atoms with Crippen molar-refractivity contribution in [3.05, 3.63) is 105 Å². The number of nitrogens with zero attached hydrogens (tertiary/aromatic N) is 2. The number of nitro benzene ring substituents is 1. The van der Waals surface area contributed by atoms with Gasteiger partial charge in [-0.3, -0.25) is 19.7 Å². The first-order valence-corrected chi connectivity index (χ1v) is 10.3. The van der Waals surface area contributed by atoms with Gasteiger partial charge in [-0.2, -0.15) is 0 Å². The lowest BCUT2D eigenvalue weighted by molar-refractivity contribution is -0.384. The fraction of sp³-hybridized carbons (Fsp3) is 0.200. The van der Waals surface area contributed by atoms with Gasteiger partial charge in [0.1, 0.15) is 0 Å². The zero-order chi connectivity index (χ0) is 21.5. The van der Waals surface area contributed by atoms with Crippen molar-refractivity contribution in [2.24, 2.45) is 11.8 Å². The van der Waals surface area contributed by atoms with Crippen molar-refractivity contribution in [2.45, 2.75) is 18.3 Å². The lowest BCUT2D eigenvalue weighted by Crippen LogP contribution is -2.51. The maximum Gasteiger partial charge on any atom is 0.271 e. The van der Waals surface area contributed by atoms with Gasteiger partial charge >= 0.3 is 0 Å². The van der Waals surface area contributed by atoms with Crippen molar-refractivity contribution >= 4 is 23.2 Å². The first kappa shape index (κ1) is 18.0. The maximum atomic E-state index is 13.8. The molecule has 1 aliphatic heterocycles. The molecule has 31 heavy (non-hydrogen) atoms. The zero-order valence-corrected chi connectivity index (χ0v) is 16.7. The number of carbonyl (C=O) groups excluding carboxylic acids is 2. The van der Waals surface area contributed by atoms with Crippen LogP contribution in [0.25, 0.3) is 0 Å². The largest absolute Gasteiger partial charge is 0.274 e. The van der Waals surface area contributed by atoms with Crippen molar-refractivity contribution in [2.75, 3.05) is 4.90 Å². The number of hydrogen-bond acceptors (Lipinski definition) is 4. The van der Waals surface area contributed by atoms with E-state index in [4.69, 9.17) is 0 Å². The van der Waals surface area contributed by atoms with Gasteiger partial charge in [0.15, 0.2) is 0 Å². The highest BCUT2D eigenvalue weighted by atomic mass is 16.6. The maximum absolute atomic E-state index is 13.8. The summed E-state index contributed by atoms with van der Waals surface area (Å²) in [5.74, 6) is -1.85. The molecule has 2 bridgehead atoms. The second-order valence-electron chi connectivity index (χ2n) is 8.65. The molecule has 4 aliphatic rings. The minimum Gasteiger partial charge on any atom is -0.274 e. The van der Waals surface area contributed by atoms with E-state index in [9.17, 15) is 19.7 Å². The van der Waals surface area contributed by atoms with Gasteiger partial charge in [0.2, 0.25) is 11.8 Å². The molecular formula is C25H18N2O4. The number of carbonyl (C=O) groups is 2. The molecule has 0 unspecified atom stereocenters. The van der Waals surface area contributed by atoms with Crippen LogP contribution in [0.5, 0.6) is 0 Å². The number of amides is 2. The summed E-state index contributed by atoms with van der Waals surface area (Å²) in [5, 5.41) is 11.3. The fourth-order valence-corrected chi connectivity index (χ4v) is 6.15. The van der Waals surface area contributed by atoms with Gasteiger partial charge in [-0.1, -0.05) is 61.5 Å². The monoisotopic (exact) mass is 410 g/mol. The Labute approximate surface area is 178 Å². The third kappa shape index (κ3) is 2.06. The smallest absolute Gasteiger partial charge is 0.271 e. The number of rotatable bonds is 2. The normalized spacial score (nSPS) is 27.6. The van der Waals surface area contributed by atoms with Crippen molar-refractivity contribution in [3.63, 3.8) is 0 Å². The summed E-state index contributed by atoms with van der Waals surface area (Å²) in [4.78, 5) is 39.4. The van der Waals surface area contributed by atoms with Gasteiger partial charge < -0.3 is 0 Å². The van der Waals surface area contributed by atoms with Crippen LogP contribution in [0.4, 0.5) is 11.4 Å². The number of non-ortho nitro benzene ring substituents is 1. The first-order valence-electron chi connectivity index (χ1n) is 10.3. The summed E-state index contributed by atoms with van der Waals surface area (Å²) in [5.41, 5.74) is 3.82. The summed E-state index contributed by atoms with van der Waals surface area (Å²) in [6, 6.07) is 21.9. The molecule has 1 heterocycles. The fourth-order valence-electron chi connectivity index (χ4n) is 6.15. The highest BCUT2D eigenvalue weighted by Crippen LogP contribution is 2.64. The Morgan fingerprint density at radius 2 is 1.48 bits per heavy atom. The highest BCUT2D eigenvalue weighted by molar-refractivity contribution is 6.23. The molecule has 3 aromatic carbocycles. The van der Waals surface area contributed by atoms with E-state index in [1.165, 1.54) is 23.1 Å². The molecular weight excluding hydrogens is 392 g/mol. The highest BCUT2D eigenvalue weighted by Gasteiger charge is 2.66. The van der Waals surface area contributed by atoms with Crippen molar-refractivity contribution in [1.82, 2.24) is 0 Å². The average Bonchev–Trinajstić information content (AvgIpc) is 3.06. The average molecular weight is 410 g/mol. The molecule has 152 valence electrons. The molecule has 7 rings (SSSR count). The Morgan fingerprint density at radius 1 is 0.871 bits per heavy atom. The third-order valence-corrected chi connectivity index (χ3v) is 7.34. The van der Waals surface area contributed by atoms with Gasteiger partial charge in [-0.25, -0.2) is 4.90 Å². The second kappa shape index (κ2) is 5.88. The Kier molecular flexibility index (Phi) is 3.41. The number of nitro groups is 1. The molecule has 1 fully saturated rings. The minimum atomic E-state index is -0.644. The predicted octanol–water partition coefficient (Wildman–Crippen LogP) is 4.17. The molecule has 3 aromatic rings. The molecule has 0 N–H and O–H groups in total. The molecule has 2 amide bonds. The van der Waals surface area contributed by atoms with Gasteiger partial charge in [-0.15, -0.1) is 0 Å². The molecule has 6 nitrogen and oxygen atoms in total. The third-order valence-electron chi connectivity index (χ3n) is 7.34. The van der Waals surface area contributed by atoms with Crippen LogP contribution in [-0.4, -0.2) is 16.7 Å². The minimum absolute atomic E-state index is 0.145. The van der Waals surface area contributed by atoms with Crippen molar-refractivity contribution < 1.29 is 14.5 Å². The molecule has 2 atom stereocenters. The Morgan fingerprint density at radius 3 is 2.10 bits per heavy atom. The summed E-state index contributed by atoms with van der Waals surface area (Å²) in [6.45, 7) is 2.06. The molecule has 0 aromatic heterocycles. The van der Waals surface area contributed by atoms with Gasteiger partial charge in [-0.05, 0) is 28.3 Å². The lowest BCUT2D eigenvalue weighted by atomic mass is 9.48. The van der Waals surface area contributed by atoms with Gasteiger partial charge in [0.25, 0.3) is 5.69 Å². The standard InChI is InChI=1S/C25H18N2O4/c1-25-18-11-4-2-9-16(18)20(17-10-3-5-12-19(17)25)21-22(25)24(29)26(23(21)28)14-7-6-8-15(13-14)27(30)31/h2-13,20-22H,1H3/t20?,21-,22+,25?/m1/s1. The van der Waals surface area contributed by atoms with Crippen LogP contribution in [-0.2, 0) is 15.0 Å². The number of anilines is 1. The van der Waals surface area contributed by atoms with Crippen LogP contribution in [0.3, 0.4) is 0 Å². The molecule has 6 heteroatoms. The number of imide groups is 1. The Balaban J connectivity index is 1.58. The molecule has 1 saturated heterocycles. The van der Waals surface area contributed by atoms with Crippen LogP contribution < -0.4 is 4.90 Å². The summed E-state index contributed by atoms with van der Waals surface area (Å²) in [6.07, 6.45) is 0. The zero-order valence-electron chi connectivity index (χ0n) is 16.7. The van der Waals surface area contributed by atoms with Crippen LogP contribution in [0.2, 0.25) is 0 Å². The van der Waals surface area contributed by atoms with Crippen LogP contribution in [0, 0.1) is 22.0 Å². The molecule has 3 aliphatic carbocycles. The topological polar surface area (TPSA) is 80.5 Å². The lowest BCUT2D eigenvalue weighted by Gasteiger charge is -2.52. The second-order valence-corrected chi connectivity index (χ2v) is 8.65. The Hall–Kier alpha value is -3.80. The summed E-state index contributed by atoms with van der Waals surface area (Å²) < 4.78 is 0. The van der Waals surface area contributed by atoms with E-state index in [-0.39, 0.29) is 29.1 Å². The van der Waals surface area contributed by atoms with Gasteiger partial charge in [0.05, 0.1) is 22.4 Å². The quantitative estimate of drug-likeness (QED) is 0.361. The van der Waals surface area contributed by atoms with E-state index in [1.54, 1.807) is 6.07 Å². The van der Waals surface area contributed by atoms with E-state index in [0.29, 0.717) is 0 Å².